The van der Waals surface area contributed by atoms with Crippen molar-refractivity contribution in [2.24, 2.45) is 11.7 Å². The van der Waals surface area contributed by atoms with Crippen molar-refractivity contribution < 1.29 is 19.6 Å². The summed E-state index contributed by atoms with van der Waals surface area (Å²) in [5.41, 5.74) is 8.97. The van der Waals surface area contributed by atoms with Crippen molar-refractivity contribution in [3.05, 3.63) is 34.3 Å². The second kappa shape index (κ2) is 10.9. The Morgan fingerprint density at radius 3 is 2.74 bits per heavy atom. The van der Waals surface area contributed by atoms with E-state index in [1.165, 1.54) is 11.1 Å². The van der Waals surface area contributed by atoms with Gasteiger partial charge in [0.05, 0.1) is 0 Å². The third-order valence-corrected chi connectivity index (χ3v) is 5.53. The summed E-state index contributed by atoms with van der Waals surface area (Å²) in [6, 6.07) is 6.81. The molecule has 0 bridgehead atoms. The highest BCUT2D eigenvalue weighted by Gasteiger charge is 2.31. The van der Waals surface area contributed by atoms with Crippen molar-refractivity contribution in [2.75, 3.05) is 19.6 Å². The van der Waals surface area contributed by atoms with E-state index in [2.05, 4.69) is 22.3 Å². The molecule has 2 heterocycles. The molecule has 0 aromatic heterocycles. The zero-order valence-electron chi connectivity index (χ0n) is 15.3. The molecule has 2 unspecified atom stereocenters. The summed E-state index contributed by atoms with van der Waals surface area (Å²) in [5.74, 6) is 0.457. The molecule has 1 fully saturated rings. The van der Waals surface area contributed by atoms with Gasteiger partial charge in [-0.05, 0) is 48.3 Å². The fourth-order valence-corrected chi connectivity index (χ4v) is 4.19. The molecule has 9 heteroatoms. The lowest BCUT2D eigenvalue weighted by Crippen LogP contribution is -2.44. The summed E-state index contributed by atoms with van der Waals surface area (Å²) in [6.07, 6.45) is 3.50. The maximum Gasteiger partial charge on any atom is 0.451 e. The van der Waals surface area contributed by atoms with Gasteiger partial charge < -0.3 is 21.1 Å². The first-order chi connectivity index (χ1) is 12.9. The number of fused-ring (bicyclic) bond motifs is 1. The number of hydrogen-bond acceptors (Lipinski definition) is 7. The minimum absolute atomic E-state index is 0.190. The molecule has 0 aliphatic carbocycles. The van der Waals surface area contributed by atoms with Gasteiger partial charge in [0.1, 0.15) is 0 Å². The van der Waals surface area contributed by atoms with Crippen molar-refractivity contribution in [1.29, 1.82) is 0 Å². The predicted octanol–water partition coefficient (Wildman–Crippen LogP) is 0.283. The Morgan fingerprint density at radius 2 is 2.04 bits per heavy atom. The van der Waals surface area contributed by atoms with Crippen molar-refractivity contribution in [1.82, 2.24) is 10.2 Å². The van der Waals surface area contributed by atoms with E-state index in [1.807, 2.05) is 6.07 Å². The van der Waals surface area contributed by atoms with E-state index in [1.54, 1.807) is 0 Å². The number of hydrogen-bond donors (Lipinski definition) is 4. The SMILES string of the molecule is N[C@H]1CN(CC2Cc3ccc(Cl)cc3CN2)CC1CCCB(O)O.O=C=O. The summed E-state index contributed by atoms with van der Waals surface area (Å²) < 4.78 is 0. The molecule has 3 rings (SSSR count). The fraction of sp³-hybridized carbons (Fsp3) is 0.611. The van der Waals surface area contributed by atoms with Gasteiger partial charge in [0.2, 0.25) is 0 Å². The van der Waals surface area contributed by atoms with Crippen LogP contribution in [0.2, 0.25) is 11.3 Å². The van der Waals surface area contributed by atoms with Crippen LogP contribution in [-0.4, -0.2) is 59.9 Å². The van der Waals surface area contributed by atoms with Crippen molar-refractivity contribution >= 4 is 24.9 Å². The van der Waals surface area contributed by atoms with Gasteiger partial charge in [-0.2, -0.15) is 9.59 Å². The van der Waals surface area contributed by atoms with E-state index in [0.29, 0.717) is 18.3 Å². The molecular formula is C18H27BClN3O4. The number of halogens is 1. The van der Waals surface area contributed by atoms with E-state index in [9.17, 15) is 0 Å². The predicted molar refractivity (Wildman–Crippen MR) is 103 cm³/mol. The Bertz CT molecular complexity index is 643. The third-order valence-electron chi connectivity index (χ3n) is 5.30. The Kier molecular flexibility index (Phi) is 8.92. The monoisotopic (exact) mass is 395 g/mol. The van der Waals surface area contributed by atoms with Gasteiger partial charge in [0.15, 0.2) is 0 Å². The topological polar surface area (TPSA) is 116 Å². The second-order valence-electron chi connectivity index (χ2n) is 7.33. The number of benzene rings is 1. The van der Waals surface area contributed by atoms with Crippen LogP contribution in [0.25, 0.3) is 0 Å². The summed E-state index contributed by atoms with van der Waals surface area (Å²) >= 11 is 6.06. The second-order valence-corrected chi connectivity index (χ2v) is 7.77. The average molecular weight is 396 g/mol. The molecule has 0 saturated carbocycles. The van der Waals surface area contributed by atoms with Crippen LogP contribution in [-0.2, 0) is 22.6 Å². The molecule has 0 radical (unpaired) electrons. The number of nitrogens with zero attached hydrogens (tertiary/aromatic N) is 1. The Morgan fingerprint density at radius 1 is 1.30 bits per heavy atom. The van der Waals surface area contributed by atoms with Gasteiger partial charge in [-0.15, -0.1) is 0 Å². The molecule has 0 amide bonds. The lowest BCUT2D eigenvalue weighted by atomic mass is 9.82. The molecule has 148 valence electrons. The normalized spacial score (nSPS) is 24.5. The zero-order chi connectivity index (χ0) is 19.8. The van der Waals surface area contributed by atoms with E-state index in [-0.39, 0.29) is 12.2 Å². The lowest BCUT2D eigenvalue weighted by Gasteiger charge is -2.30. The largest absolute Gasteiger partial charge is 0.451 e. The number of nitrogens with one attached hydrogen (secondary N) is 1. The molecular weight excluding hydrogens is 368 g/mol. The lowest BCUT2D eigenvalue weighted by molar-refractivity contribution is -0.191. The minimum atomic E-state index is -1.20. The highest BCUT2D eigenvalue weighted by Crippen LogP contribution is 2.24. The quantitative estimate of drug-likeness (QED) is 0.511. The van der Waals surface area contributed by atoms with Crippen LogP contribution in [0, 0.1) is 5.92 Å². The van der Waals surface area contributed by atoms with Gasteiger partial charge in [-0.3, -0.25) is 4.90 Å². The molecule has 2 aliphatic rings. The number of carbonyl (C=O) groups excluding carboxylic acids is 2. The Hall–Kier alpha value is -1.25. The third kappa shape index (κ3) is 7.01. The number of likely N-dealkylation sites (tertiary alicyclic amines) is 1. The smallest absolute Gasteiger partial charge is 0.427 e. The first-order valence-corrected chi connectivity index (χ1v) is 9.64. The van der Waals surface area contributed by atoms with E-state index >= 15 is 0 Å². The van der Waals surface area contributed by atoms with Crippen LogP contribution < -0.4 is 11.1 Å². The summed E-state index contributed by atoms with van der Waals surface area (Å²) in [4.78, 5) is 18.7. The van der Waals surface area contributed by atoms with Gasteiger partial charge in [0.25, 0.3) is 0 Å². The van der Waals surface area contributed by atoms with E-state index < -0.39 is 7.12 Å². The van der Waals surface area contributed by atoms with Crippen LogP contribution in [0.15, 0.2) is 18.2 Å². The Labute approximate surface area is 165 Å². The fourth-order valence-electron chi connectivity index (χ4n) is 4.00. The molecule has 27 heavy (non-hydrogen) atoms. The molecule has 1 saturated heterocycles. The molecule has 2 aliphatic heterocycles. The maximum absolute atomic E-state index is 8.96. The van der Waals surface area contributed by atoms with Crippen LogP contribution >= 0.6 is 11.6 Å². The van der Waals surface area contributed by atoms with E-state index in [0.717, 1.165) is 50.5 Å². The summed E-state index contributed by atoms with van der Waals surface area (Å²) in [7, 11) is -1.20. The van der Waals surface area contributed by atoms with Crippen LogP contribution in [0.1, 0.15) is 24.0 Å². The van der Waals surface area contributed by atoms with Gasteiger partial charge >= 0.3 is 13.3 Å². The van der Waals surface area contributed by atoms with E-state index in [4.69, 9.17) is 37.0 Å². The van der Waals surface area contributed by atoms with Crippen LogP contribution in [0.5, 0.6) is 0 Å². The number of rotatable bonds is 6. The molecule has 0 spiro atoms. The van der Waals surface area contributed by atoms with Crippen molar-refractivity contribution in [2.45, 2.75) is 44.2 Å². The van der Waals surface area contributed by atoms with Crippen LogP contribution in [0.4, 0.5) is 0 Å². The molecule has 1 aromatic rings. The maximum atomic E-state index is 8.96. The van der Waals surface area contributed by atoms with Gasteiger partial charge in [-0.1, -0.05) is 24.1 Å². The number of nitrogens with two attached hydrogens (primary N) is 1. The zero-order valence-corrected chi connectivity index (χ0v) is 16.1. The summed E-state index contributed by atoms with van der Waals surface area (Å²) in [5, 5.41) is 22.3. The average Bonchev–Trinajstić information content (AvgIpc) is 2.95. The first kappa shape index (κ1) is 22.0. The highest BCUT2D eigenvalue weighted by atomic mass is 35.5. The minimum Gasteiger partial charge on any atom is -0.427 e. The van der Waals surface area contributed by atoms with Crippen molar-refractivity contribution in [3.8, 4) is 0 Å². The summed E-state index contributed by atoms with van der Waals surface area (Å²) in [6.45, 7) is 3.82. The van der Waals surface area contributed by atoms with Gasteiger partial charge in [-0.25, -0.2) is 0 Å². The molecule has 7 nitrogen and oxygen atoms in total. The van der Waals surface area contributed by atoms with Crippen molar-refractivity contribution in [3.63, 3.8) is 0 Å². The first-order valence-electron chi connectivity index (χ1n) is 9.27. The molecule has 5 N–H and O–H groups in total. The Balaban J connectivity index is 0.000000817. The van der Waals surface area contributed by atoms with Gasteiger partial charge in [0, 0.05) is 43.3 Å². The molecule has 3 atom stereocenters. The highest BCUT2D eigenvalue weighted by molar-refractivity contribution is 6.40. The van der Waals surface area contributed by atoms with Crippen LogP contribution in [0.3, 0.4) is 0 Å². The standard InChI is InChI=1S/C17H27BClN3O2.CO2/c19-15-4-3-12-7-16(21-8-14(12)6-15)10-22-9-13(17(20)11-22)2-1-5-18(23)24;2-1-3/h3-4,6,13,16-17,21,23-24H,1-2,5,7-11,20H2;/t13?,16?,17-;/m0./s1. The molecule has 1 aromatic carbocycles.